The number of aliphatic hydroxyl groups is 5. The van der Waals surface area contributed by atoms with E-state index in [1.165, 1.54) is 0 Å². The minimum Gasteiger partial charge on any atom is -0.393 e. The summed E-state index contributed by atoms with van der Waals surface area (Å²) >= 11 is 4.57. The van der Waals surface area contributed by atoms with Gasteiger partial charge in [-0.3, -0.25) is 9.09 Å². The fourth-order valence-electron chi connectivity index (χ4n) is 4.28. The van der Waals surface area contributed by atoms with Crippen molar-refractivity contribution < 1.29 is 75.9 Å². The minimum absolute atomic E-state index is 0.0172. The molecule has 2 saturated heterocycles. The van der Waals surface area contributed by atoms with Crippen LogP contribution in [0.1, 0.15) is 6.23 Å². The van der Waals surface area contributed by atoms with Gasteiger partial charge in [-0.05, 0) is 17.9 Å². The number of nitrogen functional groups attached to an aromatic ring is 1. The Balaban J connectivity index is 1.48. The minimum atomic E-state index is -5.69. The van der Waals surface area contributed by atoms with Gasteiger partial charge in [0.25, 0.3) is 5.85 Å². The lowest BCUT2D eigenvalue weighted by molar-refractivity contribution is -0.287. The standard InChI is InChI=1S/C19H26F3N5O13P2S/c1-2-18(21)16(32)19(22,38-17(18)27-6-26-8-13(23)24-5-25-14(8)27)4-36-42(35,43)40-41(33,34)39-15-11(31)9(29)10(30)12(37-15)7(20)3-28/h2,5-7,9-12,15-17,28-32H,1,3-4H2,(H,33,34)(H,35,43)(H2,23,24,25)/t7-,9?,10?,11?,12?,15?,16-,17+,18+,19+,42?/m0/s1. The molecule has 0 spiro atoms. The van der Waals surface area contributed by atoms with Gasteiger partial charge in [-0.25, -0.2) is 37.0 Å². The van der Waals surface area contributed by atoms with Crippen LogP contribution in [-0.4, -0.2) is 123 Å². The van der Waals surface area contributed by atoms with E-state index in [0.29, 0.717) is 6.08 Å². The summed E-state index contributed by atoms with van der Waals surface area (Å²) in [5.74, 6) is -3.64. The molecule has 2 aliphatic heterocycles. The maximum absolute atomic E-state index is 15.9. The highest BCUT2D eigenvalue weighted by atomic mass is 32.5. The predicted octanol–water partition coefficient (Wildman–Crippen LogP) is -1.64. The monoisotopic (exact) mass is 683 g/mol. The second kappa shape index (κ2) is 12.2. The SMILES string of the molecule is C=C[C@]1(F)[C@H](n2cnc3c(N)ncnc32)O[C@](F)(COP(O)(=S)OP(=O)(O)OC2OC([C@@H](F)CO)C(O)C(O)C2O)[C@H]1O. The number of hydrogen-bond acceptors (Lipinski definition) is 16. The molecule has 7 unspecified atom stereocenters. The number of hydrogen-bond donors (Lipinski definition) is 8. The Morgan fingerprint density at radius 2 is 1.88 bits per heavy atom. The summed E-state index contributed by atoms with van der Waals surface area (Å²) in [6.07, 6.45) is -15.7. The fourth-order valence-corrected chi connectivity index (χ4v) is 7.36. The van der Waals surface area contributed by atoms with Crippen LogP contribution in [0.4, 0.5) is 19.0 Å². The molecule has 9 N–H and O–H groups in total. The molecule has 0 saturated carbocycles. The molecule has 0 aromatic carbocycles. The number of alkyl halides is 3. The highest BCUT2D eigenvalue weighted by Gasteiger charge is 2.66. The second-order valence-corrected chi connectivity index (χ2v) is 13.7. The van der Waals surface area contributed by atoms with Gasteiger partial charge >= 0.3 is 14.5 Å². The quantitative estimate of drug-likeness (QED) is 0.0974. The lowest BCUT2D eigenvalue weighted by Crippen LogP contribution is -2.60. The predicted molar refractivity (Wildman–Crippen MR) is 137 cm³/mol. The van der Waals surface area contributed by atoms with Gasteiger partial charge in [0.1, 0.15) is 42.9 Å². The van der Waals surface area contributed by atoms with E-state index in [1.807, 2.05) is 0 Å². The molecule has 0 radical (unpaired) electrons. The van der Waals surface area contributed by atoms with Gasteiger partial charge in [-0.15, -0.1) is 0 Å². The first-order valence-electron chi connectivity index (χ1n) is 11.8. The van der Waals surface area contributed by atoms with E-state index in [9.17, 15) is 39.2 Å². The fraction of sp³-hybridized carbons (Fsp3) is 0.632. The highest BCUT2D eigenvalue weighted by Crippen LogP contribution is 2.62. The number of phosphoric acid groups is 1. The van der Waals surface area contributed by atoms with Gasteiger partial charge in [0.2, 0.25) is 5.67 Å². The zero-order valence-electron chi connectivity index (χ0n) is 21.4. The van der Waals surface area contributed by atoms with Crippen molar-refractivity contribution in [1.82, 2.24) is 19.5 Å². The molecule has 24 heteroatoms. The molecule has 2 fully saturated rings. The van der Waals surface area contributed by atoms with Crippen molar-refractivity contribution in [1.29, 1.82) is 0 Å². The average molecular weight is 683 g/mol. The Morgan fingerprint density at radius 1 is 1.21 bits per heavy atom. The first-order chi connectivity index (χ1) is 19.9. The van der Waals surface area contributed by atoms with Crippen molar-refractivity contribution in [2.75, 3.05) is 18.9 Å². The molecule has 0 aliphatic carbocycles. The van der Waals surface area contributed by atoms with Crippen LogP contribution in [-0.2, 0) is 39.2 Å². The van der Waals surface area contributed by atoms with E-state index < -0.39 is 88.5 Å². The number of rotatable bonds is 11. The third kappa shape index (κ3) is 6.50. The van der Waals surface area contributed by atoms with Gasteiger partial charge in [0.05, 0.1) is 12.9 Å². The van der Waals surface area contributed by atoms with Gasteiger partial charge in [-0.2, -0.15) is 0 Å². The number of fused-ring (bicyclic) bond motifs is 1. The van der Waals surface area contributed by atoms with E-state index in [4.69, 9.17) is 24.8 Å². The van der Waals surface area contributed by atoms with Crippen molar-refractivity contribution in [3.8, 4) is 0 Å². The van der Waals surface area contributed by atoms with Crippen LogP contribution in [0.2, 0.25) is 0 Å². The number of phosphoric ester groups is 1. The summed E-state index contributed by atoms with van der Waals surface area (Å²) in [6.45, 7) is -4.66. The number of aromatic nitrogens is 4. The van der Waals surface area contributed by atoms with E-state index in [-0.39, 0.29) is 17.0 Å². The summed E-state index contributed by atoms with van der Waals surface area (Å²) in [4.78, 5) is 31.9. The van der Waals surface area contributed by atoms with E-state index in [1.54, 1.807) is 0 Å². The highest BCUT2D eigenvalue weighted by molar-refractivity contribution is 8.08. The summed E-state index contributed by atoms with van der Waals surface area (Å²) in [7, 11) is -5.69. The summed E-state index contributed by atoms with van der Waals surface area (Å²) in [6, 6.07) is 0. The van der Waals surface area contributed by atoms with Crippen molar-refractivity contribution in [3.05, 3.63) is 25.3 Å². The summed E-state index contributed by atoms with van der Waals surface area (Å²) < 4.78 is 82.5. The summed E-state index contributed by atoms with van der Waals surface area (Å²) in [5.41, 5.74) is 2.46. The first-order valence-corrected chi connectivity index (χ1v) is 15.9. The number of halogens is 3. The van der Waals surface area contributed by atoms with Gasteiger partial charge in [-0.1, -0.05) is 6.58 Å². The molecule has 242 valence electrons. The summed E-state index contributed by atoms with van der Waals surface area (Å²) in [5, 5.41) is 49.2. The third-order valence-electron chi connectivity index (χ3n) is 6.47. The van der Waals surface area contributed by atoms with Crippen LogP contribution >= 0.6 is 14.5 Å². The molecule has 4 rings (SSSR count). The normalized spacial score (nSPS) is 38.4. The Labute approximate surface area is 243 Å². The maximum atomic E-state index is 15.9. The van der Waals surface area contributed by atoms with Crippen LogP contribution in [0.3, 0.4) is 0 Å². The second-order valence-electron chi connectivity index (χ2n) is 9.31. The number of aliphatic hydroxyl groups excluding tert-OH is 5. The molecule has 43 heavy (non-hydrogen) atoms. The molecular weight excluding hydrogens is 657 g/mol. The Bertz CT molecular complexity index is 1450. The molecule has 2 aliphatic rings. The van der Waals surface area contributed by atoms with Crippen LogP contribution in [0.15, 0.2) is 25.3 Å². The molecule has 0 amide bonds. The molecule has 2 aromatic rings. The van der Waals surface area contributed by atoms with Crippen molar-refractivity contribution in [2.45, 2.75) is 60.7 Å². The largest absolute Gasteiger partial charge is 0.481 e. The maximum Gasteiger partial charge on any atom is 0.481 e. The molecule has 18 nitrogen and oxygen atoms in total. The van der Waals surface area contributed by atoms with E-state index in [0.717, 1.165) is 17.2 Å². The van der Waals surface area contributed by atoms with E-state index >= 15 is 8.78 Å². The molecular formula is C19H26F3N5O13P2S. The van der Waals surface area contributed by atoms with Crippen molar-refractivity contribution in [3.63, 3.8) is 0 Å². The van der Waals surface area contributed by atoms with Crippen LogP contribution in [0.25, 0.3) is 11.2 Å². The molecule has 0 bridgehead atoms. The zero-order valence-corrected chi connectivity index (χ0v) is 24.0. The lowest BCUT2D eigenvalue weighted by atomic mass is 9.95. The Kier molecular flexibility index (Phi) is 9.72. The van der Waals surface area contributed by atoms with Crippen molar-refractivity contribution >= 4 is 43.3 Å². The number of nitrogens with two attached hydrogens (primary N) is 1. The van der Waals surface area contributed by atoms with Crippen molar-refractivity contribution in [2.24, 2.45) is 0 Å². The zero-order chi connectivity index (χ0) is 32.1. The number of anilines is 1. The van der Waals surface area contributed by atoms with Crippen LogP contribution in [0, 0.1) is 0 Å². The average Bonchev–Trinajstić information content (AvgIpc) is 3.46. The third-order valence-corrected chi connectivity index (χ3v) is 9.97. The number of imidazole rings is 1. The van der Waals surface area contributed by atoms with Gasteiger partial charge < -0.3 is 55.1 Å². The topological polar surface area (TPSA) is 274 Å². The van der Waals surface area contributed by atoms with Gasteiger partial charge in [0, 0.05) is 0 Å². The molecule has 4 heterocycles. The number of ether oxygens (including phenoxy) is 2. The van der Waals surface area contributed by atoms with E-state index in [2.05, 4.69) is 42.2 Å². The Morgan fingerprint density at radius 3 is 2.51 bits per heavy atom. The smallest absolute Gasteiger partial charge is 0.393 e. The van der Waals surface area contributed by atoms with Crippen LogP contribution < -0.4 is 5.73 Å². The molecule has 2 aromatic heterocycles. The van der Waals surface area contributed by atoms with Gasteiger partial charge in [0.15, 0.2) is 36.3 Å². The van der Waals surface area contributed by atoms with Crippen LogP contribution in [0.5, 0.6) is 0 Å². The first kappa shape index (κ1) is 34.2. The molecule has 12 atom stereocenters. The lowest BCUT2D eigenvalue weighted by Gasteiger charge is -2.41. The Hall–Kier alpha value is -1.72. The number of nitrogens with zero attached hydrogens (tertiary/aromatic N) is 4.